The highest BCUT2D eigenvalue weighted by Crippen LogP contribution is 2.26. The molecule has 1 heterocycles. The van der Waals surface area contributed by atoms with Gasteiger partial charge in [0.1, 0.15) is 5.76 Å². The zero-order valence-corrected chi connectivity index (χ0v) is 13.9. The average molecular weight is 337 g/mol. The smallest absolute Gasteiger partial charge is 0.265 e. The zero-order chi connectivity index (χ0) is 17.5. The van der Waals surface area contributed by atoms with Gasteiger partial charge in [-0.1, -0.05) is 30.3 Å². The van der Waals surface area contributed by atoms with E-state index >= 15 is 0 Å². The molecule has 0 unspecified atom stereocenters. The second kappa shape index (κ2) is 8.06. The molecule has 0 saturated carbocycles. The van der Waals surface area contributed by atoms with Gasteiger partial charge in [0.15, 0.2) is 18.1 Å². The van der Waals surface area contributed by atoms with Crippen LogP contribution in [0.4, 0.5) is 5.69 Å². The Hall–Kier alpha value is -3.21. The molecular formula is C20H19NO4. The minimum absolute atomic E-state index is 0.101. The second-order valence-corrected chi connectivity index (χ2v) is 5.33. The molecule has 0 aliphatic rings. The van der Waals surface area contributed by atoms with E-state index < -0.39 is 0 Å². The van der Waals surface area contributed by atoms with Crippen molar-refractivity contribution in [2.45, 2.75) is 6.54 Å². The minimum Gasteiger partial charge on any atom is -0.493 e. The van der Waals surface area contributed by atoms with Gasteiger partial charge in [-0.15, -0.1) is 0 Å². The second-order valence-electron chi connectivity index (χ2n) is 5.33. The molecule has 5 heteroatoms. The lowest BCUT2D eigenvalue weighted by Gasteiger charge is -2.22. The third kappa shape index (κ3) is 4.20. The number of anilines is 1. The van der Waals surface area contributed by atoms with Crippen LogP contribution in [-0.2, 0) is 11.3 Å². The molecule has 1 aromatic heterocycles. The van der Waals surface area contributed by atoms with Crippen LogP contribution in [0.3, 0.4) is 0 Å². The summed E-state index contributed by atoms with van der Waals surface area (Å²) >= 11 is 0. The first-order valence-electron chi connectivity index (χ1n) is 7.91. The Bertz CT molecular complexity index is 800. The highest BCUT2D eigenvalue weighted by atomic mass is 16.5. The lowest BCUT2D eigenvalue weighted by molar-refractivity contribution is -0.120. The van der Waals surface area contributed by atoms with Crippen LogP contribution in [0.5, 0.6) is 11.5 Å². The van der Waals surface area contributed by atoms with Crippen molar-refractivity contribution in [1.82, 2.24) is 0 Å². The first-order chi connectivity index (χ1) is 12.3. The van der Waals surface area contributed by atoms with E-state index in [2.05, 4.69) is 0 Å². The summed E-state index contributed by atoms with van der Waals surface area (Å²) in [6.45, 7) is 0.237. The van der Waals surface area contributed by atoms with Crippen molar-refractivity contribution in [2.75, 3.05) is 18.6 Å². The molecule has 0 bridgehead atoms. The molecule has 5 nitrogen and oxygen atoms in total. The van der Waals surface area contributed by atoms with Gasteiger partial charge in [0.05, 0.1) is 19.9 Å². The number of carbonyl (C=O) groups is 1. The van der Waals surface area contributed by atoms with E-state index in [4.69, 9.17) is 13.9 Å². The number of nitrogens with zero attached hydrogens (tertiary/aromatic N) is 1. The van der Waals surface area contributed by atoms with Crippen molar-refractivity contribution in [1.29, 1.82) is 0 Å². The standard InChI is InChI=1S/C20H19NO4/c1-23-18-11-5-6-12-19(18)25-15-20(22)21(14-17-10-7-13-24-17)16-8-3-2-4-9-16/h2-13H,14-15H2,1H3. The van der Waals surface area contributed by atoms with Crippen LogP contribution in [0, 0.1) is 0 Å². The molecule has 0 aliphatic heterocycles. The number of benzene rings is 2. The Morgan fingerprint density at radius 3 is 2.36 bits per heavy atom. The van der Waals surface area contributed by atoms with E-state index in [0.717, 1.165) is 5.69 Å². The molecule has 0 fully saturated rings. The fourth-order valence-electron chi connectivity index (χ4n) is 2.45. The molecule has 0 N–H and O–H groups in total. The molecule has 3 aromatic rings. The molecule has 128 valence electrons. The molecular weight excluding hydrogens is 318 g/mol. The first-order valence-corrected chi connectivity index (χ1v) is 7.91. The van der Waals surface area contributed by atoms with Crippen LogP contribution >= 0.6 is 0 Å². The molecule has 0 radical (unpaired) electrons. The van der Waals surface area contributed by atoms with Crippen LogP contribution in [0.1, 0.15) is 5.76 Å². The predicted molar refractivity (Wildman–Crippen MR) is 94.8 cm³/mol. The van der Waals surface area contributed by atoms with Crippen molar-refractivity contribution >= 4 is 11.6 Å². The molecule has 0 atom stereocenters. The van der Waals surface area contributed by atoms with Gasteiger partial charge in [-0.05, 0) is 36.4 Å². The number of methoxy groups -OCH3 is 1. The average Bonchev–Trinajstić information content (AvgIpc) is 3.18. The molecule has 2 aromatic carbocycles. The highest BCUT2D eigenvalue weighted by molar-refractivity contribution is 5.94. The molecule has 3 rings (SSSR count). The highest BCUT2D eigenvalue weighted by Gasteiger charge is 2.18. The van der Waals surface area contributed by atoms with Crippen molar-refractivity contribution in [3.05, 3.63) is 78.8 Å². The van der Waals surface area contributed by atoms with Gasteiger partial charge in [-0.3, -0.25) is 4.79 Å². The number of hydrogen-bond donors (Lipinski definition) is 0. The van der Waals surface area contributed by atoms with Crippen LogP contribution < -0.4 is 14.4 Å². The van der Waals surface area contributed by atoms with E-state index in [-0.39, 0.29) is 12.5 Å². The number of carbonyl (C=O) groups excluding carboxylic acids is 1. The largest absolute Gasteiger partial charge is 0.493 e. The fraction of sp³-hybridized carbons (Fsp3) is 0.150. The fourth-order valence-corrected chi connectivity index (χ4v) is 2.45. The number of ether oxygens (including phenoxy) is 2. The maximum absolute atomic E-state index is 12.8. The van der Waals surface area contributed by atoms with Crippen molar-refractivity contribution in [2.24, 2.45) is 0 Å². The third-order valence-corrected chi connectivity index (χ3v) is 3.68. The first kappa shape index (κ1) is 16.6. The summed E-state index contributed by atoms with van der Waals surface area (Å²) in [5.41, 5.74) is 0.785. The molecule has 1 amide bonds. The summed E-state index contributed by atoms with van der Waals surface area (Å²) in [6.07, 6.45) is 1.59. The molecule has 0 saturated heterocycles. The van der Waals surface area contributed by atoms with Crippen molar-refractivity contribution < 1.29 is 18.7 Å². The quantitative estimate of drug-likeness (QED) is 0.656. The van der Waals surface area contributed by atoms with Gasteiger partial charge >= 0.3 is 0 Å². The topological polar surface area (TPSA) is 51.9 Å². The number of para-hydroxylation sites is 3. The maximum atomic E-state index is 12.8. The molecule has 0 spiro atoms. The van der Waals surface area contributed by atoms with Gasteiger partial charge in [-0.25, -0.2) is 0 Å². The van der Waals surface area contributed by atoms with Crippen molar-refractivity contribution in [3.63, 3.8) is 0 Å². The third-order valence-electron chi connectivity index (χ3n) is 3.68. The van der Waals surface area contributed by atoms with Crippen molar-refractivity contribution in [3.8, 4) is 11.5 Å². The van der Waals surface area contributed by atoms with E-state index in [0.29, 0.717) is 23.8 Å². The number of hydrogen-bond acceptors (Lipinski definition) is 4. The molecule has 25 heavy (non-hydrogen) atoms. The normalized spacial score (nSPS) is 10.3. The van der Waals surface area contributed by atoms with E-state index in [1.54, 1.807) is 36.5 Å². The summed E-state index contributed by atoms with van der Waals surface area (Å²) < 4.78 is 16.3. The Balaban J connectivity index is 1.75. The Kier molecular flexibility index (Phi) is 5.36. The summed E-state index contributed by atoms with van der Waals surface area (Å²) in [4.78, 5) is 14.4. The molecule has 0 aliphatic carbocycles. The van der Waals surface area contributed by atoms with Crippen LogP contribution in [0.15, 0.2) is 77.4 Å². The Morgan fingerprint density at radius 1 is 0.960 bits per heavy atom. The SMILES string of the molecule is COc1ccccc1OCC(=O)N(Cc1ccco1)c1ccccc1. The Morgan fingerprint density at radius 2 is 1.68 bits per heavy atom. The summed E-state index contributed by atoms with van der Waals surface area (Å²) in [6, 6.07) is 20.3. The monoisotopic (exact) mass is 337 g/mol. The zero-order valence-electron chi connectivity index (χ0n) is 13.9. The van der Waals surface area contributed by atoms with Gasteiger partial charge in [0, 0.05) is 5.69 Å². The van der Waals surface area contributed by atoms with Crippen LogP contribution in [-0.4, -0.2) is 19.6 Å². The number of amides is 1. The van der Waals surface area contributed by atoms with Crippen LogP contribution in [0.25, 0.3) is 0 Å². The Labute approximate surface area is 146 Å². The summed E-state index contributed by atoms with van der Waals surface area (Å²) in [5, 5.41) is 0. The maximum Gasteiger partial charge on any atom is 0.265 e. The lowest BCUT2D eigenvalue weighted by Crippen LogP contribution is -2.34. The summed E-state index contributed by atoms with van der Waals surface area (Å²) in [7, 11) is 1.57. The van der Waals surface area contributed by atoms with Gasteiger partial charge < -0.3 is 18.8 Å². The van der Waals surface area contributed by atoms with Gasteiger partial charge in [0.25, 0.3) is 5.91 Å². The van der Waals surface area contributed by atoms with Crippen LogP contribution in [0.2, 0.25) is 0 Å². The number of rotatable bonds is 7. The summed E-state index contributed by atoms with van der Waals surface area (Å²) in [5.74, 6) is 1.65. The predicted octanol–water partition coefficient (Wildman–Crippen LogP) is 3.90. The minimum atomic E-state index is -0.173. The van der Waals surface area contributed by atoms with E-state index in [9.17, 15) is 4.79 Å². The van der Waals surface area contributed by atoms with Gasteiger partial charge in [0.2, 0.25) is 0 Å². The van der Waals surface area contributed by atoms with E-state index in [1.165, 1.54) is 0 Å². The lowest BCUT2D eigenvalue weighted by atomic mass is 10.2. The number of furan rings is 1. The van der Waals surface area contributed by atoms with Gasteiger partial charge in [-0.2, -0.15) is 0 Å². The van der Waals surface area contributed by atoms with E-state index in [1.807, 2.05) is 48.5 Å².